The van der Waals surface area contributed by atoms with Crippen LogP contribution in [-0.2, 0) is 0 Å². The van der Waals surface area contributed by atoms with Gasteiger partial charge < -0.3 is 9.88 Å². The van der Waals surface area contributed by atoms with Gasteiger partial charge in [-0.25, -0.2) is 0 Å². The van der Waals surface area contributed by atoms with Gasteiger partial charge in [0.05, 0.1) is 0 Å². The maximum atomic E-state index is 3.32. The molecule has 0 unspecified atom stereocenters. The molecule has 1 N–H and O–H groups in total. The van der Waals surface area contributed by atoms with E-state index in [9.17, 15) is 0 Å². The van der Waals surface area contributed by atoms with E-state index in [2.05, 4.69) is 53.5 Å². The fourth-order valence-corrected chi connectivity index (χ4v) is 2.27. The first-order valence-electron chi connectivity index (χ1n) is 5.34. The van der Waals surface area contributed by atoms with Crippen LogP contribution in [0.5, 0.6) is 0 Å². The van der Waals surface area contributed by atoms with Gasteiger partial charge in [0.25, 0.3) is 0 Å². The van der Waals surface area contributed by atoms with Crippen molar-refractivity contribution in [1.29, 1.82) is 0 Å². The Morgan fingerprint density at radius 2 is 2.13 bits per heavy atom. The normalized spacial score (nSPS) is 16.1. The molecular formula is C13H14N2. The quantitative estimate of drug-likeness (QED) is 0.746. The Morgan fingerprint density at radius 1 is 1.27 bits per heavy atom. The lowest BCUT2D eigenvalue weighted by molar-refractivity contribution is 0.518. The summed E-state index contributed by atoms with van der Waals surface area (Å²) < 4.78 is 0. The summed E-state index contributed by atoms with van der Waals surface area (Å²) in [5, 5.41) is 1.32. The van der Waals surface area contributed by atoms with Crippen LogP contribution in [0.2, 0.25) is 0 Å². The van der Waals surface area contributed by atoms with E-state index in [1.54, 1.807) is 0 Å². The van der Waals surface area contributed by atoms with Crippen LogP contribution in [0.1, 0.15) is 12.0 Å². The van der Waals surface area contributed by atoms with Crippen molar-refractivity contribution in [1.82, 2.24) is 9.88 Å². The highest BCUT2D eigenvalue weighted by Gasteiger charge is 2.15. The zero-order valence-electron chi connectivity index (χ0n) is 8.83. The number of H-pyrrole nitrogens is 1. The third-order valence-electron chi connectivity index (χ3n) is 3.08. The Balaban J connectivity index is 2.19. The van der Waals surface area contributed by atoms with Crippen molar-refractivity contribution in [2.24, 2.45) is 0 Å². The molecule has 0 spiro atoms. The Bertz CT molecular complexity index is 522. The summed E-state index contributed by atoms with van der Waals surface area (Å²) in [4.78, 5) is 5.63. The predicted molar refractivity (Wildman–Crippen MR) is 63.5 cm³/mol. The van der Waals surface area contributed by atoms with Crippen molar-refractivity contribution in [3.05, 3.63) is 42.1 Å². The highest BCUT2D eigenvalue weighted by Crippen LogP contribution is 2.29. The Labute approximate surface area is 89.2 Å². The summed E-state index contributed by atoms with van der Waals surface area (Å²) in [6, 6.07) is 8.45. The Hall–Kier alpha value is -1.70. The molecule has 0 radical (unpaired) electrons. The van der Waals surface area contributed by atoms with Gasteiger partial charge in [0.1, 0.15) is 0 Å². The minimum absolute atomic E-state index is 1.13. The van der Waals surface area contributed by atoms with Gasteiger partial charge in [0, 0.05) is 42.0 Å². The van der Waals surface area contributed by atoms with Crippen molar-refractivity contribution >= 4 is 16.6 Å². The second-order valence-electron chi connectivity index (χ2n) is 4.05. The molecule has 0 amide bonds. The summed E-state index contributed by atoms with van der Waals surface area (Å²) >= 11 is 0. The Morgan fingerprint density at radius 3 is 2.93 bits per heavy atom. The molecule has 0 saturated carbocycles. The number of hydrogen-bond donors (Lipinski definition) is 1. The van der Waals surface area contributed by atoms with E-state index in [-0.39, 0.29) is 0 Å². The molecule has 0 saturated heterocycles. The van der Waals surface area contributed by atoms with E-state index >= 15 is 0 Å². The fraction of sp³-hybridized carbons (Fsp3) is 0.231. The topological polar surface area (TPSA) is 19.0 Å². The summed E-state index contributed by atoms with van der Waals surface area (Å²) in [7, 11) is 2.15. The second kappa shape index (κ2) is 3.16. The lowest BCUT2D eigenvalue weighted by atomic mass is 10.1. The predicted octanol–water partition coefficient (Wildman–Crippen LogP) is 2.84. The maximum absolute atomic E-state index is 3.32. The number of rotatable bonds is 1. The van der Waals surface area contributed by atoms with Crippen molar-refractivity contribution in [2.45, 2.75) is 6.42 Å². The van der Waals surface area contributed by atoms with Crippen LogP contribution in [0.15, 0.2) is 36.5 Å². The number of para-hydroxylation sites is 1. The molecule has 1 aromatic carbocycles. The molecule has 1 aliphatic rings. The summed E-state index contributed by atoms with van der Waals surface area (Å²) in [6.07, 6.45) is 5.58. The average molecular weight is 198 g/mol. The number of aromatic nitrogens is 1. The number of nitrogens with one attached hydrogen (secondary N) is 1. The molecule has 0 bridgehead atoms. The van der Waals surface area contributed by atoms with E-state index < -0.39 is 0 Å². The SMILES string of the molecule is CN1CCC=C1c1c[nH]c2ccccc12. The van der Waals surface area contributed by atoms with Gasteiger partial charge in [-0.15, -0.1) is 0 Å². The molecule has 2 heterocycles. The van der Waals surface area contributed by atoms with Crippen molar-refractivity contribution in [3.8, 4) is 0 Å². The number of fused-ring (bicyclic) bond motifs is 1. The summed E-state index contributed by atoms with van der Waals surface area (Å²) in [5.41, 5.74) is 3.90. The molecular weight excluding hydrogens is 184 g/mol. The van der Waals surface area contributed by atoms with Gasteiger partial charge in [-0.1, -0.05) is 24.3 Å². The number of benzene rings is 1. The number of hydrogen-bond acceptors (Lipinski definition) is 1. The van der Waals surface area contributed by atoms with Crippen LogP contribution in [0.3, 0.4) is 0 Å². The lowest BCUT2D eigenvalue weighted by Gasteiger charge is -2.15. The van der Waals surface area contributed by atoms with Gasteiger partial charge in [-0.05, 0) is 12.5 Å². The number of aromatic amines is 1. The summed E-state index contributed by atoms with van der Waals surface area (Å²) in [5.74, 6) is 0. The fourth-order valence-electron chi connectivity index (χ4n) is 2.27. The molecule has 76 valence electrons. The van der Waals surface area contributed by atoms with E-state index in [1.165, 1.54) is 22.2 Å². The maximum Gasteiger partial charge on any atom is 0.0460 e. The standard InChI is InChI=1S/C13H14N2/c1-15-8-4-7-13(15)11-9-14-12-6-3-2-5-10(11)12/h2-3,5-7,9,14H,4,8H2,1H3. The molecule has 3 rings (SSSR count). The highest BCUT2D eigenvalue weighted by molar-refractivity contribution is 5.92. The van der Waals surface area contributed by atoms with Gasteiger partial charge in [-0.3, -0.25) is 0 Å². The monoisotopic (exact) mass is 198 g/mol. The summed E-state index contributed by atoms with van der Waals surface area (Å²) in [6.45, 7) is 1.13. The molecule has 2 nitrogen and oxygen atoms in total. The molecule has 1 aliphatic heterocycles. The minimum Gasteiger partial charge on any atom is -0.374 e. The van der Waals surface area contributed by atoms with Crippen LogP contribution in [-0.4, -0.2) is 23.5 Å². The van der Waals surface area contributed by atoms with Gasteiger partial charge in [0.2, 0.25) is 0 Å². The first kappa shape index (κ1) is 8.60. The molecule has 2 aromatic rings. The lowest BCUT2D eigenvalue weighted by Crippen LogP contribution is -2.11. The average Bonchev–Trinajstić information content (AvgIpc) is 2.83. The van der Waals surface area contributed by atoms with Crippen LogP contribution in [0, 0.1) is 0 Å². The van der Waals surface area contributed by atoms with E-state index in [0.29, 0.717) is 0 Å². The van der Waals surface area contributed by atoms with E-state index in [1.807, 2.05) is 0 Å². The van der Waals surface area contributed by atoms with Crippen LogP contribution in [0.25, 0.3) is 16.6 Å². The van der Waals surface area contributed by atoms with Crippen molar-refractivity contribution in [2.75, 3.05) is 13.6 Å². The smallest absolute Gasteiger partial charge is 0.0460 e. The molecule has 15 heavy (non-hydrogen) atoms. The molecule has 0 atom stereocenters. The van der Waals surface area contributed by atoms with Crippen molar-refractivity contribution in [3.63, 3.8) is 0 Å². The third kappa shape index (κ3) is 1.25. The van der Waals surface area contributed by atoms with E-state index in [4.69, 9.17) is 0 Å². The molecule has 2 heteroatoms. The van der Waals surface area contributed by atoms with Crippen LogP contribution >= 0.6 is 0 Å². The highest BCUT2D eigenvalue weighted by atomic mass is 15.1. The number of nitrogens with zero attached hydrogens (tertiary/aromatic N) is 1. The van der Waals surface area contributed by atoms with Gasteiger partial charge in [-0.2, -0.15) is 0 Å². The van der Waals surface area contributed by atoms with Gasteiger partial charge >= 0.3 is 0 Å². The minimum atomic E-state index is 1.13. The first-order valence-corrected chi connectivity index (χ1v) is 5.34. The van der Waals surface area contributed by atoms with Gasteiger partial charge in [0.15, 0.2) is 0 Å². The Kier molecular flexibility index (Phi) is 1.81. The second-order valence-corrected chi connectivity index (χ2v) is 4.05. The van der Waals surface area contributed by atoms with E-state index in [0.717, 1.165) is 13.0 Å². The molecule has 0 aliphatic carbocycles. The zero-order valence-corrected chi connectivity index (χ0v) is 8.83. The molecule has 0 fully saturated rings. The van der Waals surface area contributed by atoms with Crippen LogP contribution in [0.4, 0.5) is 0 Å². The zero-order chi connectivity index (χ0) is 10.3. The largest absolute Gasteiger partial charge is 0.374 e. The van der Waals surface area contributed by atoms with Crippen LogP contribution < -0.4 is 0 Å². The van der Waals surface area contributed by atoms with Crippen molar-refractivity contribution < 1.29 is 0 Å². The first-order chi connectivity index (χ1) is 7.36. The molecule has 1 aromatic heterocycles. The third-order valence-corrected chi connectivity index (χ3v) is 3.08.